The highest BCUT2D eigenvalue weighted by Crippen LogP contribution is 2.17. The van der Waals surface area contributed by atoms with Crippen molar-refractivity contribution in [1.29, 1.82) is 0 Å². The highest BCUT2D eigenvalue weighted by atomic mass is 32.1. The zero-order chi connectivity index (χ0) is 18.2. The first-order chi connectivity index (χ1) is 12.0. The van der Waals surface area contributed by atoms with Crippen LogP contribution in [0, 0.1) is 5.82 Å². The number of hydrogen-bond acceptors (Lipinski definition) is 5. The number of amides is 2. The summed E-state index contributed by atoms with van der Waals surface area (Å²) in [6.07, 6.45) is 0.737. The average Bonchev–Trinajstić information content (AvgIpc) is 3.05. The molecule has 8 heteroatoms. The minimum absolute atomic E-state index is 0.125. The van der Waals surface area contributed by atoms with Gasteiger partial charge in [0.25, 0.3) is 0 Å². The Kier molecular flexibility index (Phi) is 6.88. The van der Waals surface area contributed by atoms with E-state index in [1.165, 1.54) is 28.4 Å². The summed E-state index contributed by atoms with van der Waals surface area (Å²) >= 11 is 1.28. The van der Waals surface area contributed by atoms with Crippen molar-refractivity contribution in [2.24, 2.45) is 0 Å². The van der Waals surface area contributed by atoms with Crippen molar-refractivity contribution in [2.75, 3.05) is 18.5 Å². The molecule has 0 atom stereocenters. The van der Waals surface area contributed by atoms with E-state index in [9.17, 15) is 14.0 Å². The number of carbonyl (C=O) groups is 2. The van der Waals surface area contributed by atoms with E-state index in [4.69, 9.17) is 4.74 Å². The molecule has 1 aromatic carbocycles. The molecule has 1 aromatic heterocycles. The first kappa shape index (κ1) is 18.9. The summed E-state index contributed by atoms with van der Waals surface area (Å²) in [5.41, 5.74) is 0.354. The third-order valence-corrected chi connectivity index (χ3v) is 4.09. The van der Waals surface area contributed by atoms with Gasteiger partial charge in [0, 0.05) is 11.9 Å². The number of aromatic nitrogens is 1. The molecule has 0 radical (unpaired) electrons. The number of hydrogen-bond donors (Lipinski definition) is 1. The van der Waals surface area contributed by atoms with Gasteiger partial charge < -0.3 is 15.0 Å². The van der Waals surface area contributed by atoms with Crippen LogP contribution in [-0.4, -0.2) is 35.0 Å². The molecule has 1 N–H and O–H groups in total. The molecule has 0 aliphatic heterocycles. The molecule has 0 unspecified atom stereocenters. The second-order valence-electron chi connectivity index (χ2n) is 5.18. The Hall–Kier alpha value is -2.48. The first-order valence-electron chi connectivity index (χ1n) is 7.97. The minimum Gasteiger partial charge on any atom is -0.461 e. The third-order valence-electron chi connectivity index (χ3n) is 3.26. The summed E-state index contributed by atoms with van der Waals surface area (Å²) in [7, 11) is 0. The van der Waals surface area contributed by atoms with Gasteiger partial charge in [0.2, 0.25) is 0 Å². The second kappa shape index (κ2) is 9.12. The van der Waals surface area contributed by atoms with E-state index in [0.717, 1.165) is 6.42 Å². The number of nitrogens with zero attached hydrogens (tertiary/aromatic N) is 2. The zero-order valence-corrected chi connectivity index (χ0v) is 14.9. The molecule has 0 spiro atoms. The number of nitrogens with one attached hydrogen (secondary N) is 1. The van der Waals surface area contributed by atoms with Crippen LogP contribution in [0.25, 0.3) is 0 Å². The molecule has 2 amide bonds. The number of benzene rings is 1. The Balaban J connectivity index is 2.06. The number of halogens is 1. The molecule has 0 aliphatic rings. The molecule has 2 aromatic rings. The summed E-state index contributed by atoms with van der Waals surface area (Å²) in [5.74, 6) is -0.978. The predicted molar refractivity (Wildman–Crippen MR) is 94.2 cm³/mol. The standard InChI is InChI=1S/C17H20FN3O3S/c1-3-9-21(17(23)20-13-8-6-5-7-12(13)18)10-15-19-14(11-25-15)16(22)24-4-2/h5-8,11H,3-4,9-10H2,1-2H3,(H,20,23). The van der Waals surface area contributed by atoms with Crippen LogP contribution in [0.3, 0.4) is 0 Å². The normalized spacial score (nSPS) is 10.4. The lowest BCUT2D eigenvalue weighted by Crippen LogP contribution is -2.35. The lowest BCUT2D eigenvalue weighted by Gasteiger charge is -2.21. The Bertz CT molecular complexity index is 735. The van der Waals surface area contributed by atoms with Crippen LogP contribution in [0.4, 0.5) is 14.9 Å². The largest absolute Gasteiger partial charge is 0.461 e. The van der Waals surface area contributed by atoms with Crippen LogP contribution in [0.15, 0.2) is 29.6 Å². The molecular formula is C17H20FN3O3S. The highest BCUT2D eigenvalue weighted by molar-refractivity contribution is 7.09. The number of para-hydroxylation sites is 1. The molecular weight excluding hydrogens is 345 g/mol. The van der Waals surface area contributed by atoms with Crippen LogP contribution in [0.2, 0.25) is 0 Å². The molecule has 0 aliphatic carbocycles. The van der Waals surface area contributed by atoms with Gasteiger partial charge >= 0.3 is 12.0 Å². The number of urea groups is 1. The maximum atomic E-state index is 13.7. The van der Waals surface area contributed by atoms with Gasteiger partial charge in [-0.2, -0.15) is 0 Å². The van der Waals surface area contributed by atoms with Gasteiger partial charge in [-0.1, -0.05) is 19.1 Å². The molecule has 1 heterocycles. The molecule has 2 rings (SSSR count). The Labute approximate surface area is 149 Å². The smallest absolute Gasteiger partial charge is 0.357 e. The van der Waals surface area contributed by atoms with Gasteiger partial charge in [0.1, 0.15) is 10.8 Å². The number of rotatable bonds is 7. The van der Waals surface area contributed by atoms with Crippen LogP contribution in [0.1, 0.15) is 35.8 Å². The van der Waals surface area contributed by atoms with E-state index >= 15 is 0 Å². The number of esters is 1. The highest BCUT2D eigenvalue weighted by Gasteiger charge is 2.18. The SMILES string of the molecule is CCCN(Cc1nc(C(=O)OCC)cs1)C(=O)Nc1ccccc1F. The van der Waals surface area contributed by atoms with Crippen LogP contribution in [-0.2, 0) is 11.3 Å². The van der Waals surface area contributed by atoms with Gasteiger partial charge in [-0.3, -0.25) is 0 Å². The van der Waals surface area contributed by atoms with Gasteiger partial charge in [-0.25, -0.2) is 19.0 Å². The lowest BCUT2D eigenvalue weighted by molar-refractivity contribution is 0.0520. The quantitative estimate of drug-likeness (QED) is 0.755. The number of thiazole rings is 1. The fourth-order valence-electron chi connectivity index (χ4n) is 2.12. The maximum absolute atomic E-state index is 13.7. The summed E-state index contributed by atoms with van der Waals surface area (Å²) in [4.78, 5) is 29.8. The van der Waals surface area contributed by atoms with E-state index in [1.807, 2.05) is 6.92 Å². The first-order valence-corrected chi connectivity index (χ1v) is 8.85. The van der Waals surface area contributed by atoms with Gasteiger partial charge in [0.15, 0.2) is 5.69 Å². The average molecular weight is 365 g/mol. The number of ether oxygens (including phenoxy) is 1. The van der Waals surface area contributed by atoms with Crippen molar-refractivity contribution in [1.82, 2.24) is 9.88 Å². The van der Waals surface area contributed by atoms with Crippen LogP contribution < -0.4 is 5.32 Å². The molecule has 0 bridgehead atoms. The van der Waals surface area contributed by atoms with Crippen molar-refractivity contribution in [3.63, 3.8) is 0 Å². The Morgan fingerprint density at radius 2 is 2.08 bits per heavy atom. The third kappa shape index (κ3) is 5.25. The van der Waals surface area contributed by atoms with Gasteiger partial charge in [0.05, 0.1) is 18.8 Å². The van der Waals surface area contributed by atoms with Gasteiger partial charge in [-0.15, -0.1) is 11.3 Å². The summed E-state index contributed by atoms with van der Waals surface area (Å²) in [6, 6.07) is 5.57. The zero-order valence-electron chi connectivity index (χ0n) is 14.1. The summed E-state index contributed by atoms with van der Waals surface area (Å²) in [6.45, 7) is 4.65. The van der Waals surface area contributed by atoms with E-state index in [0.29, 0.717) is 11.6 Å². The van der Waals surface area contributed by atoms with E-state index < -0.39 is 17.8 Å². The van der Waals surface area contributed by atoms with Crippen molar-refractivity contribution >= 4 is 29.0 Å². The minimum atomic E-state index is -0.494. The van der Waals surface area contributed by atoms with E-state index in [1.54, 1.807) is 24.4 Å². The molecule has 0 saturated carbocycles. The van der Waals surface area contributed by atoms with Crippen LogP contribution in [0.5, 0.6) is 0 Å². The second-order valence-corrected chi connectivity index (χ2v) is 6.12. The summed E-state index contributed by atoms with van der Waals surface area (Å²) < 4.78 is 18.6. The van der Waals surface area contributed by atoms with Crippen molar-refractivity contribution in [3.05, 3.63) is 46.2 Å². The van der Waals surface area contributed by atoms with E-state index in [-0.39, 0.29) is 24.5 Å². The van der Waals surface area contributed by atoms with Gasteiger partial charge in [-0.05, 0) is 25.5 Å². The summed E-state index contributed by atoms with van der Waals surface area (Å²) in [5, 5.41) is 4.78. The van der Waals surface area contributed by atoms with E-state index in [2.05, 4.69) is 10.3 Å². The maximum Gasteiger partial charge on any atom is 0.357 e. The Morgan fingerprint density at radius 3 is 2.76 bits per heavy atom. The Morgan fingerprint density at radius 1 is 1.32 bits per heavy atom. The molecule has 134 valence electrons. The molecule has 6 nitrogen and oxygen atoms in total. The molecule has 25 heavy (non-hydrogen) atoms. The lowest BCUT2D eigenvalue weighted by atomic mass is 10.3. The topological polar surface area (TPSA) is 71.5 Å². The fourth-order valence-corrected chi connectivity index (χ4v) is 2.90. The van der Waals surface area contributed by atoms with Crippen LogP contribution >= 0.6 is 11.3 Å². The predicted octanol–water partition coefficient (Wildman–Crippen LogP) is 3.90. The number of carbonyl (C=O) groups excluding carboxylic acids is 2. The van der Waals surface area contributed by atoms with Crippen molar-refractivity contribution in [2.45, 2.75) is 26.8 Å². The number of anilines is 1. The molecule has 0 fully saturated rings. The monoisotopic (exact) mass is 365 g/mol. The molecule has 0 saturated heterocycles. The van der Waals surface area contributed by atoms with Crippen molar-refractivity contribution < 1.29 is 18.7 Å². The fraction of sp³-hybridized carbons (Fsp3) is 0.353. The van der Waals surface area contributed by atoms with Crippen molar-refractivity contribution in [3.8, 4) is 0 Å².